The number of phenolic OH excluding ortho intramolecular Hbond substituents is 1. The molecule has 0 aliphatic rings. The van der Waals surface area contributed by atoms with Crippen molar-refractivity contribution in [3.63, 3.8) is 0 Å². The monoisotopic (exact) mass is 274 g/mol. The molecule has 0 heterocycles. The van der Waals surface area contributed by atoms with Crippen LogP contribution in [0.25, 0.3) is 0 Å². The SMILES string of the molecule is CC(C)CC(CCl)(CCl)Cc1ccc(O)cc1. The standard InChI is InChI=1S/C14H20Cl2O/c1-11(2)7-14(9-15,10-16)8-12-3-5-13(17)6-4-12/h3-6,11,17H,7-10H2,1-2H3. The molecule has 17 heavy (non-hydrogen) atoms. The van der Waals surface area contributed by atoms with Gasteiger partial charge >= 0.3 is 0 Å². The van der Waals surface area contributed by atoms with Gasteiger partial charge in [-0.25, -0.2) is 0 Å². The fourth-order valence-electron chi connectivity index (χ4n) is 2.22. The number of alkyl halides is 2. The van der Waals surface area contributed by atoms with E-state index >= 15 is 0 Å². The minimum absolute atomic E-state index is 0.0474. The average Bonchev–Trinajstić information content (AvgIpc) is 2.30. The minimum atomic E-state index is -0.0474. The van der Waals surface area contributed by atoms with E-state index in [4.69, 9.17) is 23.2 Å². The zero-order valence-electron chi connectivity index (χ0n) is 10.4. The summed E-state index contributed by atoms with van der Waals surface area (Å²) in [6.45, 7) is 4.37. The van der Waals surface area contributed by atoms with Crippen molar-refractivity contribution in [2.24, 2.45) is 11.3 Å². The summed E-state index contributed by atoms with van der Waals surface area (Å²) >= 11 is 12.2. The number of hydrogen-bond acceptors (Lipinski definition) is 1. The topological polar surface area (TPSA) is 20.2 Å². The Balaban J connectivity index is 2.82. The van der Waals surface area contributed by atoms with Crippen LogP contribution in [0.3, 0.4) is 0 Å². The third-order valence-corrected chi connectivity index (χ3v) is 4.06. The van der Waals surface area contributed by atoms with E-state index in [2.05, 4.69) is 13.8 Å². The molecule has 0 unspecified atom stereocenters. The van der Waals surface area contributed by atoms with E-state index < -0.39 is 0 Å². The highest BCUT2D eigenvalue weighted by Gasteiger charge is 2.29. The van der Waals surface area contributed by atoms with Gasteiger partial charge < -0.3 is 5.11 Å². The van der Waals surface area contributed by atoms with Crippen molar-refractivity contribution >= 4 is 23.2 Å². The lowest BCUT2D eigenvalue weighted by molar-refractivity contribution is 0.295. The maximum Gasteiger partial charge on any atom is 0.115 e. The Morgan fingerprint density at radius 2 is 1.65 bits per heavy atom. The minimum Gasteiger partial charge on any atom is -0.508 e. The third kappa shape index (κ3) is 4.40. The average molecular weight is 275 g/mol. The first kappa shape index (κ1) is 14.7. The smallest absolute Gasteiger partial charge is 0.115 e. The summed E-state index contributed by atoms with van der Waals surface area (Å²) < 4.78 is 0. The van der Waals surface area contributed by atoms with Crippen LogP contribution in [0.4, 0.5) is 0 Å². The number of phenols is 1. The molecule has 0 amide bonds. The molecule has 1 rings (SSSR count). The molecular formula is C14H20Cl2O. The van der Waals surface area contributed by atoms with Crippen LogP contribution < -0.4 is 0 Å². The zero-order valence-corrected chi connectivity index (χ0v) is 11.9. The summed E-state index contributed by atoms with van der Waals surface area (Å²) in [5, 5.41) is 9.26. The highest BCUT2D eigenvalue weighted by molar-refractivity contribution is 6.21. The second-order valence-corrected chi connectivity index (χ2v) is 5.74. The Labute approximate surface area is 114 Å². The highest BCUT2D eigenvalue weighted by Crippen LogP contribution is 2.34. The lowest BCUT2D eigenvalue weighted by atomic mass is 9.78. The molecule has 0 radical (unpaired) electrons. The van der Waals surface area contributed by atoms with Crippen LogP contribution in [0.1, 0.15) is 25.8 Å². The van der Waals surface area contributed by atoms with Crippen LogP contribution in [-0.4, -0.2) is 16.9 Å². The van der Waals surface area contributed by atoms with Gasteiger partial charge in [0, 0.05) is 17.2 Å². The number of benzene rings is 1. The molecule has 96 valence electrons. The summed E-state index contributed by atoms with van der Waals surface area (Å²) in [5.74, 6) is 2.00. The molecule has 0 aromatic heterocycles. The van der Waals surface area contributed by atoms with Gasteiger partial charge in [-0.1, -0.05) is 26.0 Å². The fraction of sp³-hybridized carbons (Fsp3) is 0.571. The van der Waals surface area contributed by atoms with Gasteiger partial charge in [-0.05, 0) is 36.5 Å². The van der Waals surface area contributed by atoms with Gasteiger partial charge in [0.15, 0.2) is 0 Å². The summed E-state index contributed by atoms with van der Waals surface area (Å²) in [7, 11) is 0. The third-order valence-electron chi connectivity index (χ3n) is 2.92. The van der Waals surface area contributed by atoms with Crippen LogP contribution in [0.5, 0.6) is 5.75 Å². The summed E-state index contributed by atoms with van der Waals surface area (Å²) in [6, 6.07) is 7.28. The van der Waals surface area contributed by atoms with Crippen LogP contribution >= 0.6 is 23.2 Å². The number of hydrogen-bond donors (Lipinski definition) is 1. The van der Waals surface area contributed by atoms with Crippen molar-refractivity contribution in [3.8, 4) is 5.75 Å². The van der Waals surface area contributed by atoms with Gasteiger partial charge in [-0.2, -0.15) is 0 Å². The number of rotatable bonds is 6. The lowest BCUT2D eigenvalue weighted by Crippen LogP contribution is -2.30. The first-order valence-corrected chi connectivity index (χ1v) is 6.98. The Morgan fingerprint density at radius 3 is 2.06 bits per heavy atom. The van der Waals surface area contributed by atoms with Crippen LogP contribution in [0.15, 0.2) is 24.3 Å². The molecule has 0 aliphatic heterocycles. The van der Waals surface area contributed by atoms with E-state index in [-0.39, 0.29) is 5.41 Å². The molecule has 1 aromatic carbocycles. The van der Waals surface area contributed by atoms with E-state index in [0.29, 0.717) is 23.4 Å². The van der Waals surface area contributed by atoms with Crippen molar-refractivity contribution in [1.29, 1.82) is 0 Å². The lowest BCUT2D eigenvalue weighted by Gasteiger charge is -2.31. The first-order chi connectivity index (χ1) is 8.01. The van der Waals surface area contributed by atoms with Crippen LogP contribution in [0, 0.1) is 11.3 Å². The quantitative estimate of drug-likeness (QED) is 0.761. The van der Waals surface area contributed by atoms with E-state index in [1.54, 1.807) is 12.1 Å². The Morgan fingerprint density at radius 1 is 1.12 bits per heavy atom. The van der Waals surface area contributed by atoms with Crippen LogP contribution in [0.2, 0.25) is 0 Å². The molecule has 1 N–H and O–H groups in total. The summed E-state index contributed by atoms with van der Waals surface area (Å²) in [6.07, 6.45) is 1.87. The van der Waals surface area contributed by atoms with Crippen molar-refractivity contribution in [3.05, 3.63) is 29.8 Å². The zero-order chi connectivity index (χ0) is 12.9. The van der Waals surface area contributed by atoms with Gasteiger partial charge in [-0.15, -0.1) is 23.2 Å². The van der Waals surface area contributed by atoms with Gasteiger partial charge in [0.25, 0.3) is 0 Å². The summed E-state index contributed by atoms with van der Waals surface area (Å²) in [5.41, 5.74) is 1.12. The fourth-order valence-corrected chi connectivity index (χ4v) is 2.92. The van der Waals surface area contributed by atoms with E-state index in [9.17, 15) is 5.11 Å². The van der Waals surface area contributed by atoms with E-state index in [0.717, 1.165) is 12.8 Å². The molecule has 0 spiro atoms. The molecule has 3 heteroatoms. The molecule has 0 aliphatic carbocycles. The summed E-state index contributed by atoms with van der Waals surface area (Å²) in [4.78, 5) is 0. The Bertz CT molecular complexity index is 329. The molecule has 0 saturated carbocycles. The van der Waals surface area contributed by atoms with E-state index in [1.807, 2.05) is 12.1 Å². The van der Waals surface area contributed by atoms with Crippen molar-refractivity contribution < 1.29 is 5.11 Å². The van der Waals surface area contributed by atoms with Crippen LogP contribution in [-0.2, 0) is 6.42 Å². The molecule has 0 bridgehead atoms. The highest BCUT2D eigenvalue weighted by atomic mass is 35.5. The molecule has 0 saturated heterocycles. The normalized spacial score (nSPS) is 12.1. The molecule has 0 atom stereocenters. The molecular weight excluding hydrogens is 255 g/mol. The maximum absolute atomic E-state index is 9.26. The van der Waals surface area contributed by atoms with Gasteiger partial charge in [0.1, 0.15) is 5.75 Å². The van der Waals surface area contributed by atoms with Gasteiger partial charge in [0.05, 0.1) is 0 Å². The first-order valence-electron chi connectivity index (χ1n) is 5.91. The molecule has 1 nitrogen and oxygen atoms in total. The van der Waals surface area contributed by atoms with Crippen molar-refractivity contribution in [1.82, 2.24) is 0 Å². The molecule has 1 aromatic rings. The van der Waals surface area contributed by atoms with Crippen molar-refractivity contribution in [2.45, 2.75) is 26.7 Å². The second kappa shape index (κ2) is 6.51. The van der Waals surface area contributed by atoms with E-state index in [1.165, 1.54) is 5.56 Å². The second-order valence-electron chi connectivity index (χ2n) is 5.21. The number of aromatic hydroxyl groups is 1. The predicted octanol–water partition coefficient (Wildman–Crippen LogP) is 4.44. The van der Waals surface area contributed by atoms with Gasteiger partial charge in [0.2, 0.25) is 0 Å². The van der Waals surface area contributed by atoms with Crippen molar-refractivity contribution in [2.75, 3.05) is 11.8 Å². The number of halogens is 2. The predicted molar refractivity (Wildman–Crippen MR) is 75.1 cm³/mol. The Hall–Kier alpha value is -0.400. The maximum atomic E-state index is 9.26. The Kier molecular flexibility index (Phi) is 5.61. The molecule has 0 fully saturated rings. The van der Waals surface area contributed by atoms with Gasteiger partial charge in [-0.3, -0.25) is 0 Å². The largest absolute Gasteiger partial charge is 0.508 e.